The summed E-state index contributed by atoms with van der Waals surface area (Å²) >= 11 is 0. The molecule has 0 aliphatic heterocycles. The second-order valence-corrected chi connectivity index (χ2v) is 4.98. The van der Waals surface area contributed by atoms with E-state index in [-0.39, 0.29) is 5.69 Å². The SMILES string of the molecule is CC(C)CNCc1cc(-c2ccccc2[N+](=O)[O-])on1. The van der Waals surface area contributed by atoms with Gasteiger partial charge in [0.05, 0.1) is 16.2 Å². The summed E-state index contributed by atoms with van der Waals surface area (Å²) in [6.45, 7) is 5.71. The molecule has 1 aromatic heterocycles. The van der Waals surface area contributed by atoms with Gasteiger partial charge in [0.1, 0.15) is 0 Å². The lowest BCUT2D eigenvalue weighted by Gasteiger charge is -2.04. The van der Waals surface area contributed by atoms with Crippen molar-refractivity contribution in [2.45, 2.75) is 20.4 Å². The van der Waals surface area contributed by atoms with Crippen LogP contribution in [0.4, 0.5) is 5.69 Å². The van der Waals surface area contributed by atoms with Crippen LogP contribution in [0, 0.1) is 16.0 Å². The molecule has 0 bridgehead atoms. The number of nitro groups is 1. The second kappa shape index (κ2) is 6.29. The molecular weight excluding hydrogens is 258 g/mol. The van der Waals surface area contributed by atoms with Gasteiger partial charge in [0.25, 0.3) is 5.69 Å². The van der Waals surface area contributed by atoms with Gasteiger partial charge < -0.3 is 9.84 Å². The maximum atomic E-state index is 11.0. The van der Waals surface area contributed by atoms with Crippen LogP contribution in [0.2, 0.25) is 0 Å². The average Bonchev–Trinajstić information content (AvgIpc) is 2.87. The van der Waals surface area contributed by atoms with E-state index in [4.69, 9.17) is 4.52 Å². The lowest BCUT2D eigenvalue weighted by Crippen LogP contribution is -2.18. The van der Waals surface area contributed by atoms with E-state index in [9.17, 15) is 10.1 Å². The molecule has 2 rings (SSSR count). The zero-order chi connectivity index (χ0) is 14.5. The van der Waals surface area contributed by atoms with Gasteiger partial charge in [-0.2, -0.15) is 0 Å². The van der Waals surface area contributed by atoms with Crippen molar-refractivity contribution in [3.63, 3.8) is 0 Å². The Morgan fingerprint density at radius 2 is 2.15 bits per heavy atom. The summed E-state index contributed by atoms with van der Waals surface area (Å²) in [5.74, 6) is 0.968. The number of nitrogens with one attached hydrogen (secondary N) is 1. The number of nitrogens with zero attached hydrogens (tertiary/aromatic N) is 2. The van der Waals surface area contributed by atoms with Gasteiger partial charge >= 0.3 is 0 Å². The average molecular weight is 275 g/mol. The molecule has 0 fully saturated rings. The smallest absolute Gasteiger partial charge is 0.280 e. The van der Waals surface area contributed by atoms with Gasteiger partial charge in [-0.05, 0) is 18.5 Å². The molecule has 0 radical (unpaired) electrons. The summed E-state index contributed by atoms with van der Waals surface area (Å²) in [7, 11) is 0. The highest BCUT2D eigenvalue weighted by atomic mass is 16.6. The summed E-state index contributed by atoms with van der Waals surface area (Å²) in [4.78, 5) is 10.6. The molecule has 0 spiro atoms. The highest BCUT2D eigenvalue weighted by Crippen LogP contribution is 2.29. The van der Waals surface area contributed by atoms with E-state index in [1.807, 2.05) is 0 Å². The van der Waals surface area contributed by atoms with E-state index >= 15 is 0 Å². The molecule has 20 heavy (non-hydrogen) atoms. The van der Waals surface area contributed by atoms with Gasteiger partial charge in [-0.1, -0.05) is 31.1 Å². The van der Waals surface area contributed by atoms with Crippen molar-refractivity contribution in [1.29, 1.82) is 0 Å². The number of nitro benzene ring substituents is 1. The highest BCUT2D eigenvalue weighted by Gasteiger charge is 2.18. The Balaban J connectivity index is 2.15. The van der Waals surface area contributed by atoms with Crippen LogP contribution in [0.1, 0.15) is 19.5 Å². The lowest BCUT2D eigenvalue weighted by atomic mass is 10.1. The fraction of sp³-hybridized carbons (Fsp3) is 0.357. The van der Waals surface area contributed by atoms with E-state index in [2.05, 4.69) is 24.3 Å². The monoisotopic (exact) mass is 275 g/mol. The predicted octanol–water partition coefficient (Wildman–Crippen LogP) is 3.00. The quantitative estimate of drug-likeness (QED) is 0.647. The molecule has 0 saturated carbocycles. The van der Waals surface area contributed by atoms with Crippen LogP contribution in [0.5, 0.6) is 0 Å². The predicted molar refractivity (Wildman–Crippen MR) is 75.1 cm³/mol. The topological polar surface area (TPSA) is 81.2 Å². The zero-order valence-corrected chi connectivity index (χ0v) is 11.5. The van der Waals surface area contributed by atoms with Crippen LogP contribution in [0.3, 0.4) is 0 Å². The number of aromatic nitrogens is 1. The first-order valence-corrected chi connectivity index (χ1v) is 6.48. The van der Waals surface area contributed by atoms with Crippen molar-refractivity contribution in [2.75, 3.05) is 6.54 Å². The number of benzene rings is 1. The molecule has 0 amide bonds. The summed E-state index contributed by atoms with van der Waals surface area (Å²) in [6, 6.07) is 8.21. The number of hydrogen-bond donors (Lipinski definition) is 1. The maximum Gasteiger partial charge on any atom is 0.280 e. The summed E-state index contributed by atoms with van der Waals surface area (Å²) in [5.41, 5.74) is 1.20. The molecule has 0 unspecified atom stereocenters. The molecular formula is C14H17N3O3. The summed E-state index contributed by atoms with van der Waals surface area (Å²) in [6.07, 6.45) is 0. The van der Waals surface area contributed by atoms with Gasteiger partial charge in [0.15, 0.2) is 5.76 Å². The summed E-state index contributed by atoms with van der Waals surface area (Å²) in [5, 5.41) is 18.2. The lowest BCUT2D eigenvalue weighted by molar-refractivity contribution is -0.384. The molecule has 0 aliphatic rings. The van der Waals surface area contributed by atoms with Crippen molar-refractivity contribution in [1.82, 2.24) is 10.5 Å². The first-order chi connectivity index (χ1) is 9.58. The Kier molecular flexibility index (Phi) is 4.47. The van der Waals surface area contributed by atoms with Crippen molar-refractivity contribution in [3.05, 3.63) is 46.1 Å². The third-order valence-corrected chi connectivity index (χ3v) is 2.78. The molecule has 0 saturated heterocycles. The Morgan fingerprint density at radius 1 is 1.40 bits per heavy atom. The van der Waals surface area contributed by atoms with Crippen LogP contribution in [0.15, 0.2) is 34.9 Å². The Hall–Kier alpha value is -2.21. The molecule has 1 aromatic carbocycles. The zero-order valence-electron chi connectivity index (χ0n) is 11.5. The fourth-order valence-corrected chi connectivity index (χ4v) is 1.85. The van der Waals surface area contributed by atoms with E-state index in [0.29, 0.717) is 23.8 Å². The summed E-state index contributed by atoms with van der Waals surface area (Å²) < 4.78 is 5.20. The minimum atomic E-state index is -0.422. The first kappa shape index (κ1) is 14.2. The second-order valence-electron chi connectivity index (χ2n) is 4.98. The Bertz CT molecular complexity index is 593. The molecule has 1 heterocycles. The van der Waals surface area contributed by atoms with E-state index in [1.54, 1.807) is 24.3 Å². The van der Waals surface area contributed by atoms with Gasteiger partial charge in [0, 0.05) is 18.7 Å². The van der Waals surface area contributed by atoms with Crippen LogP contribution in [0.25, 0.3) is 11.3 Å². The van der Waals surface area contributed by atoms with Crippen molar-refractivity contribution < 1.29 is 9.45 Å². The number of para-hydroxylation sites is 1. The Labute approximate surface area is 116 Å². The van der Waals surface area contributed by atoms with Gasteiger partial charge in [0.2, 0.25) is 0 Å². The van der Waals surface area contributed by atoms with Crippen molar-refractivity contribution in [3.8, 4) is 11.3 Å². The van der Waals surface area contributed by atoms with Crippen LogP contribution < -0.4 is 5.32 Å². The standard InChI is InChI=1S/C14H17N3O3/c1-10(2)8-15-9-11-7-14(20-16-11)12-5-3-4-6-13(12)17(18)19/h3-7,10,15H,8-9H2,1-2H3. The van der Waals surface area contributed by atoms with Crippen molar-refractivity contribution >= 4 is 5.69 Å². The van der Waals surface area contributed by atoms with Crippen LogP contribution in [-0.2, 0) is 6.54 Å². The number of hydrogen-bond acceptors (Lipinski definition) is 5. The van der Waals surface area contributed by atoms with E-state index in [1.165, 1.54) is 6.07 Å². The van der Waals surface area contributed by atoms with Gasteiger partial charge in [-0.15, -0.1) is 0 Å². The molecule has 1 N–H and O–H groups in total. The largest absolute Gasteiger partial charge is 0.356 e. The number of rotatable bonds is 6. The molecule has 106 valence electrons. The third kappa shape index (κ3) is 3.42. The van der Waals surface area contributed by atoms with Gasteiger partial charge in [-0.3, -0.25) is 10.1 Å². The van der Waals surface area contributed by atoms with E-state index in [0.717, 1.165) is 12.2 Å². The minimum absolute atomic E-state index is 0.0188. The molecule has 6 nitrogen and oxygen atoms in total. The molecule has 6 heteroatoms. The first-order valence-electron chi connectivity index (χ1n) is 6.48. The normalized spacial score (nSPS) is 10.9. The fourth-order valence-electron chi connectivity index (χ4n) is 1.85. The van der Waals surface area contributed by atoms with Crippen LogP contribution >= 0.6 is 0 Å². The van der Waals surface area contributed by atoms with Crippen molar-refractivity contribution in [2.24, 2.45) is 5.92 Å². The van der Waals surface area contributed by atoms with Gasteiger partial charge in [-0.25, -0.2) is 0 Å². The van der Waals surface area contributed by atoms with Crippen LogP contribution in [-0.4, -0.2) is 16.6 Å². The van der Waals surface area contributed by atoms with E-state index < -0.39 is 4.92 Å². The maximum absolute atomic E-state index is 11.0. The Morgan fingerprint density at radius 3 is 2.85 bits per heavy atom. The highest BCUT2D eigenvalue weighted by molar-refractivity contribution is 5.69. The molecule has 0 aliphatic carbocycles. The molecule has 2 aromatic rings. The molecule has 0 atom stereocenters. The third-order valence-electron chi connectivity index (χ3n) is 2.78. The minimum Gasteiger partial charge on any atom is -0.356 e.